The Morgan fingerprint density at radius 3 is 2.80 bits per heavy atom. The van der Waals surface area contributed by atoms with Gasteiger partial charge in [0.1, 0.15) is 11.6 Å². The number of carbonyl (C=O) groups excluding carboxylic acids is 1. The van der Waals surface area contributed by atoms with Crippen LogP contribution in [0.15, 0.2) is 27.9 Å². The topological polar surface area (TPSA) is 118 Å². The Morgan fingerprint density at radius 2 is 2.10 bits per heavy atom. The number of aromatic amines is 1. The zero-order chi connectivity index (χ0) is 21.8. The van der Waals surface area contributed by atoms with Crippen LogP contribution in [0.1, 0.15) is 31.2 Å². The van der Waals surface area contributed by atoms with Crippen LogP contribution in [-0.2, 0) is 24.9 Å². The summed E-state index contributed by atoms with van der Waals surface area (Å²) in [6.07, 6.45) is 3.37. The summed E-state index contributed by atoms with van der Waals surface area (Å²) in [5, 5.41) is 2.77. The predicted molar refractivity (Wildman–Crippen MR) is 114 cm³/mol. The fourth-order valence-electron chi connectivity index (χ4n) is 3.29. The van der Waals surface area contributed by atoms with Gasteiger partial charge in [-0.05, 0) is 38.1 Å². The maximum atomic E-state index is 12.3. The zero-order valence-corrected chi connectivity index (χ0v) is 17.7. The number of rotatable bonds is 8. The Hall–Kier alpha value is -3.27. The monoisotopic (exact) mass is 413 g/mol. The number of anilines is 1. The summed E-state index contributed by atoms with van der Waals surface area (Å²) in [5.74, 6) is 0.894. The lowest BCUT2D eigenvalue weighted by Crippen LogP contribution is -2.31. The van der Waals surface area contributed by atoms with Crippen molar-refractivity contribution in [3.63, 3.8) is 0 Å². The summed E-state index contributed by atoms with van der Waals surface area (Å²) in [6.45, 7) is 4.90. The van der Waals surface area contributed by atoms with Crippen LogP contribution in [0.5, 0.6) is 0 Å². The van der Waals surface area contributed by atoms with Gasteiger partial charge >= 0.3 is 5.69 Å². The van der Waals surface area contributed by atoms with Crippen LogP contribution in [0.25, 0.3) is 11.2 Å². The molecule has 0 bridgehead atoms. The number of H-pyrrole nitrogens is 1. The molecule has 3 heterocycles. The molecule has 0 atom stereocenters. The number of fused-ring (bicyclic) bond motifs is 1. The first-order chi connectivity index (χ1) is 14.3. The molecule has 2 N–H and O–H groups in total. The first-order valence-electron chi connectivity index (χ1n) is 9.89. The van der Waals surface area contributed by atoms with Gasteiger partial charge in [0.25, 0.3) is 5.56 Å². The minimum absolute atomic E-state index is 0.123. The van der Waals surface area contributed by atoms with E-state index in [1.165, 1.54) is 4.57 Å². The lowest BCUT2D eigenvalue weighted by Gasteiger charge is -2.15. The normalized spacial score (nSPS) is 11.4. The van der Waals surface area contributed by atoms with Crippen molar-refractivity contribution >= 4 is 22.9 Å². The summed E-state index contributed by atoms with van der Waals surface area (Å²) in [7, 11) is 3.52. The van der Waals surface area contributed by atoms with Crippen LogP contribution in [0.2, 0.25) is 0 Å². The van der Waals surface area contributed by atoms with E-state index in [1.54, 1.807) is 35.8 Å². The molecule has 0 fully saturated rings. The van der Waals surface area contributed by atoms with Gasteiger partial charge in [0.15, 0.2) is 11.2 Å². The van der Waals surface area contributed by atoms with Gasteiger partial charge in [-0.1, -0.05) is 13.3 Å². The van der Waals surface area contributed by atoms with Gasteiger partial charge in [-0.3, -0.25) is 24.0 Å². The first kappa shape index (κ1) is 21.4. The number of likely N-dealkylation sites (N-methyl/N-ethyl adjacent to an activating group) is 1. The van der Waals surface area contributed by atoms with Crippen LogP contribution in [0, 0.1) is 6.92 Å². The van der Waals surface area contributed by atoms with Crippen LogP contribution < -0.4 is 16.6 Å². The molecule has 0 saturated carbocycles. The van der Waals surface area contributed by atoms with Crippen molar-refractivity contribution in [1.29, 1.82) is 0 Å². The van der Waals surface area contributed by atoms with Gasteiger partial charge in [0.05, 0.1) is 13.1 Å². The molecule has 0 spiro atoms. The van der Waals surface area contributed by atoms with Gasteiger partial charge in [-0.15, -0.1) is 0 Å². The van der Waals surface area contributed by atoms with E-state index in [0.717, 1.165) is 18.4 Å². The van der Waals surface area contributed by atoms with Gasteiger partial charge < -0.3 is 9.88 Å². The first-order valence-corrected chi connectivity index (χ1v) is 9.89. The quantitative estimate of drug-likeness (QED) is 0.569. The van der Waals surface area contributed by atoms with Gasteiger partial charge in [-0.2, -0.15) is 0 Å². The van der Waals surface area contributed by atoms with E-state index >= 15 is 0 Å². The number of hydrogen-bond acceptors (Lipinski definition) is 6. The van der Waals surface area contributed by atoms with Crippen molar-refractivity contribution in [1.82, 2.24) is 29.0 Å². The number of aryl methyl sites for hydroxylation is 3. The summed E-state index contributed by atoms with van der Waals surface area (Å²) in [6, 6.07) is 3.65. The van der Waals surface area contributed by atoms with Crippen molar-refractivity contribution in [3.05, 3.63) is 50.6 Å². The summed E-state index contributed by atoms with van der Waals surface area (Å²) in [4.78, 5) is 49.7. The van der Waals surface area contributed by atoms with Crippen molar-refractivity contribution in [2.75, 3.05) is 18.9 Å². The third kappa shape index (κ3) is 4.65. The van der Waals surface area contributed by atoms with Crippen molar-refractivity contribution in [2.45, 2.75) is 39.8 Å². The summed E-state index contributed by atoms with van der Waals surface area (Å²) in [5.41, 5.74) is 0.811. The molecule has 0 unspecified atom stereocenters. The van der Waals surface area contributed by atoms with Crippen LogP contribution in [0.4, 0.5) is 5.82 Å². The molecule has 30 heavy (non-hydrogen) atoms. The lowest BCUT2D eigenvalue weighted by atomic mass is 10.3. The maximum Gasteiger partial charge on any atom is 0.330 e. The summed E-state index contributed by atoms with van der Waals surface area (Å²) >= 11 is 0. The van der Waals surface area contributed by atoms with E-state index in [2.05, 4.69) is 20.3 Å². The van der Waals surface area contributed by atoms with Crippen LogP contribution in [0.3, 0.4) is 0 Å². The number of pyridine rings is 1. The molecule has 0 radical (unpaired) electrons. The van der Waals surface area contributed by atoms with Crippen LogP contribution in [-0.4, -0.2) is 48.5 Å². The largest absolute Gasteiger partial charge is 0.330 e. The van der Waals surface area contributed by atoms with E-state index in [-0.39, 0.29) is 12.5 Å². The third-order valence-corrected chi connectivity index (χ3v) is 4.85. The minimum atomic E-state index is -0.463. The SMILES string of the molecule is CCCCn1c(=O)[nH]c(=O)c2c1nc(CN(C)CC(=O)Nc1cc(C)ccn1)n2C. The molecule has 1 amide bonds. The fraction of sp³-hybridized carbons (Fsp3) is 0.450. The molecular formula is C20H27N7O3. The Balaban J connectivity index is 1.78. The zero-order valence-electron chi connectivity index (χ0n) is 17.7. The Kier molecular flexibility index (Phi) is 6.46. The standard InChI is InChI=1S/C20H27N7O3/c1-5-6-9-27-18-17(19(29)24-20(27)30)26(4)15(23-18)11-25(3)12-16(28)22-14-10-13(2)7-8-21-14/h7-8,10H,5-6,9,11-12H2,1-4H3,(H,21,22,28)(H,24,29,30). The molecule has 0 aliphatic rings. The Morgan fingerprint density at radius 1 is 1.33 bits per heavy atom. The number of amides is 1. The Bertz CT molecular complexity index is 1180. The number of imidazole rings is 1. The highest BCUT2D eigenvalue weighted by atomic mass is 16.2. The second kappa shape index (κ2) is 9.04. The second-order valence-corrected chi connectivity index (χ2v) is 7.46. The smallest absolute Gasteiger partial charge is 0.324 e. The van der Waals surface area contributed by atoms with E-state index in [9.17, 15) is 14.4 Å². The Labute approximate surface area is 173 Å². The molecule has 10 heteroatoms. The van der Waals surface area contributed by atoms with Crippen molar-refractivity contribution < 1.29 is 4.79 Å². The molecule has 0 aliphatic carbocycles. The average Bonchev–Trinajstić information content (AvgIpc) is 2.97. The second-order valence-electron chi connectivity index (χ2n) is 7.46. The molecule has 0 aliphatic heterocycles. The third-order valence-electron chi connectivity index (χ3n) is 4.85. The van der Waals surface area contributed by atoms with Gasteiger partial charge in [-0.25, -0.2) is 14.8 Å². The maximum absolute atomic E-state index is 12.3. The van der Waals surface area contributed by atoms with Gasteiger partial charge in [0.2, 0.25) is 5.91 Å². The highest BCUT2D eigenvalue weighted by Gasteiger charge is 2.18. The molecule has 160 valence electrons. The molecule has 0 saturated heterocycles. The average molecular weight is 413 g/mol. The molecule has 3 aromatic heterocycles. The number of nitrogens with one attached hydrogen (secondary N) is 2. The number of aromatic nitrogens is 5. The van der Waals surface area contributed by atoms with E-state index in [4.69, 9.17) is 0 Å². The minimum Gasteiger partial charge on any atom is -0.324 e. The molecule has 10 nitrogen and oxygen atoms in total. The number of unbranched alkanes of at least 4 members (excludes halogenated alkanes) is 1. The summed E-state index contributed by atoms with van der Waals surface area (Å²) < 4.78 is 3.17. The number of carbonyl (C=O) groups is 1. The lowest BCUT2D eigenvalue weighted by molar-refractivity contribution is -0.117. The van der Waals surface area contributed by atoms with Crippen LogP contribution >= 0.6 is 0 Å². The molecule has 0 aromatic carbocycles. The number of hydrogen-bond donors (Lipinski definition) is 2. The highest BCUT2D eigenvalue weighted by molar-refractivity contribution is 5.91. The van der Waals surface area contributed by atoms with E-state index < -0.39 is 11.2 Å². The fourth-order valence-corrected chi connectivity index (χ4v) is 3.29. The molecule has 3 aromatic rings. The van der Waals surface area contributed by atoms with E-state index in [1.807, 2.05) is 19.9 Å². The van der Waals surface area contributed by atoms with Gasteiger partial charge in [0, 0.05) is 19.8 Å². The highest BCUT2D eigenvalue weighted by Crippen LogP contribution is 2.12. The van der Waals surface area contributed by atoms with E-state index in [0.29, 0.717) is 35.9 Å². The molecular weight excluding hydrogens is 386 g/mol. The predicted octanol–water partition coefficient (Wildman–Crippen LogP) is 0.997. The molecule has 3 rings (SSSR count). The number of nitrogens with zero attached hydrogens (tertiary/aromatic N) is 5. The van der Waals surface area contributed by atoms with Crippen molar-refractivity contribution in [2.24, 2.45) is 7.05 Å². The van der Waals surface area contributed by atoms with Crippen molar-refractivity contribution in [3.8, 4) is 0 Å².